The van der Waals surface area contributed by atoms with Crippen molar-refractivity contribution in [3.05, 3.63) is 101 Å². The monoisotopic (exact) mass is 474 g/mol. The number of benzene rings is 3. The molecule has 0 saturated carbocycles. The zero-order chi connectivity index (χ0) is 24.3. The highest BCUT2D eigenvalue weighted by Crippen LogP contribution is 2.30. The third kappa shape index (κ3) is 5.62. The average molecular weight is 474 g/mol. The van der Waals surface area contributed by atoms with Crippen LogP contribution in [0.5, 0.6) is 0 Å². The number of hydrogen-bond acceptors (Lipinski definition) is 2. The van der Waals surface area contributed by atoms with Gasteiger partial charge in [0.05, 0.1) is 5.56 Å². The van der Waals surface area contributed by atoms with Crippen molar-refractivity contribution in [2.24, 2.45) is 0 Å². The van der Waals surface area contributed by atoms with Crippen LogP contribution in [0.25, 0.3) is 0 Å². The molecule has 0 radical (unpaired) electrons. The van der Waals surface area contributed by atoms with Gasteiger partial charge in [0.2, 0.25) is 0 Å². The van der Waals surface area contributed by atoms with Crippen LogP contribution in [0.15, 0.2) is 72.8 Å². The molecule has 3 aromatic rings. The molecule has 0 N–H and O–H groups in total. The summed E-state index contributed by atoms with van der Waals surface area (Å²) in [4.78, 5) is 17.1. The lowest BCUT2D eigenvalue weighted by Gasteiger charge is -2.38. The fourth-order valence-electron chi connectivity index (χ4n) is 4.22. The summed E-state index contributed by atoms with van der Waals surface area (Å²) in [6.07, 6.45) is -3.10. The maximum absolute atomic E-state index is 13.5. The first-order valence-corrected chi connectivity index (χ1v) is 10.9. The van der Waals surface area contributed by atoms with Gasteiger partial charge in [0, 0.05) is 36.9 Å². The van der Waals surface area contributed by atoms with Gasteiger partial charge < -0.3 is 4.90 Å². The summed E-state index contributed by atoms with van der Waals surface area (Å²) in [7, 11) is 0. The highest BCUT2D eigenvalue weighted by atomic mass is 19.4. The van der Waals surface area contributed by atoms with Crippen molar-refractivity contribution in [1.29, 1.82) is 0 Å². The molecule has 0 aromatic heterocycles. The molecule has 178 valence electrons. The quantitative estimate of drug-likeness (QED) is 0.406. The number of amides is 1. The van der Waals surface area contributed by atoms with Crippen molar-refractivity contribution in [3.8, 4) is 0 Å². The Hall–Kier alpha value is -3.26. The third-order valence-corrected chi connectivity index (χ3v) is 6.02. The summed E-state index contributed by atoms with van der Waals surface area (Å²) in [6.45, 7) is 1.79. The van der Waals surface area contributed by atoms with Gasteiger partial charge in [-0.05, 0) is 79.1 Å². The number of carbonyl (C=O) groups excluding carboxylic acids is 1. The fourth-order valence-corrected chi connectivity index (χ4v) is 4.22. The summed E-state index contributed by atoms with van der Waals surface area (Å²) in [5, 5.41) is 0. The van der Waals surface area contributed by atoms with Crippen LogP contribution in [0.2, 0.25) is 0 Å². The van der Waals surface area contributed by atoms with E-state index in [-0.39, 0.29) is 11.9 Å². The third-order valence-electron chi connectivity index (χ3n) is 6.02. The molecule has 0 unspecified atom stereocenters. The number of hydrogen-bond donors (Lipinski definition) is 0. The first-order chi connectivity index (χ1) is 16.2. The van der Waals surface area contributed by atoms with Crippen molar-refractivity contribution in [3.63, 3.8) is 0 Å². The number of anilines is 1. The van der Waals surface area contributed by atoms with Crippen LogP contribution in [0, 0.1) is 11.6 Å². The lowest BCUT2D eigenvalue weighted by atomic mass is 10.00. The van der Waals surface area contributed by atoms with E-state index in [4.69, 9.17) is 0 Å². The number of alkyl halides is 3. The minimum Gasteiger partial charge on any atom is -0.305 e. The van der Waals surface area contributed by atoms with Crippen LogP contribution in [0.1, 0.15) is 34.3 Å². The summed E-state index contributed by atoms with van der Waals surface area (Å²) in [5.41, 5.74) is 0.989. The van der Waals surface area contributed by atoms with Gasteiger partial charge in [-0.1, -0.05) is 12.1 Å². The molecular weight excluding hydrogens is 451 g/mol. The number of piperidine rings is 1. The Morgan fingerprint density at radius 2 is 1.35 bits per heavy atom. The van der Waals surface area contributed by atoms with E-state index in [1.807, 2.05) is 0 Å². The summed E-state index contributed by atoms with van der Waals surface area (Å²) < 4.78 is 65.2. The fraction of sp³-hybridized carbons (Fsp3) is 0.269. The highest BCUT2D eigenvalue weighted by molar-refractivity contribution is 6.06. The molecule has 1 fully saturated rings. The molecule has 1 amide bonds. The standard InChI is InChI=1S/C26H23F5N2O/c27-21-7-3-19(4-8-21)25(34)33(23-11-9-22(28)10-12-23)24-13-15-32(16-14-24)17-18-1-5-20(6-2-18)26(29,30)31/h1-12,24H,13-17H2. The van der Waals surface area contributed by atoms with Gasteiger partial charge in [-0.15, -0.1) is 0 Å². The Labute approximate surface area is 194 Å². The molecule has 4 rings (SSSR count). The van der Waals surface area contributed by atoms with Crippen LogP contribution in [0.4, 0.5) is 27.6 Å². The van der Waals surface area contributed by atoms with E-state index in [1.54, 1.807) is 17.0 Å². The molecular formula is C26H23F5N2O. The van der Waals surface area contributed by atoms with Crippen molar-refractivity contribution in [2.45, 2.75) is 31.6 Å². The topological polar surface area (TPSA) is 23.6 Å². The largest absolute Gasteiger partial charge is 0.416 e. The Morgan fingerprint density at radius 3 is 1.88 bits per heavy atom. The predicted octanol–water partition coefficient (Wildman–Crippen LogP) is 6.30. The van der Waals surface area contributed by atoms with Gasteiger partial charge in [-0.25, -0.2) is 8.78 Å². The van der Waals surface area contributed by atoms with Gasteiger partial charge >= 0.3 is 6.18 Å². The lowest BCUT2D eigenvalue weighted by Crippen LogP contribution is -2.47. The molecule has 1 aliphatic rings. The number of rotatable bonds is 5. The Balaban J connectivity index is 1.46. The van der Waals surface area contributed by atoms with Crippen molar-refractivity contribution >= 4 is 11.6 Å². The van der Waals surface area contributed by atoms with Crippen molar-refractivity contribution in [1.82, 2.24) is 4.90 Å². The van der Waals surface area contributed by atoms with E-state index in [0.717, 1.165) is 17.7 Å². The molecule has 3 aromatic carbocycles. The maximum atomic E-state index is 13.5. The molecule has 1 heterocycles. The maximum Gasteiger partial charge on any atom is 0.416 e. The normalized spacial score (nSPS) is 15.3. The average Bonchev–Trinajstić information content (AvgIpc) is 2.82. The van der Waals surface area contributed by atoms with E-state index in [9.17, 15) is 26.7 Å². The lowest BCUT2D eigenvalue weighted by molar-refractivity contribution is -0.137. The molecule has 1 aliphatic heterocycles. The number of nitrogens with zero attached hydrogens (tertiary/aromatic N) is 2. The molecule has 1 saturated heterocycles. The second kappa shape index (κ2) is 9.93. The second-order valence-corrected chi connectivity index (χ2v) is 8.36. The van der Waals surface area contributed by atoms with Crippen LogP contribution in [0.3, 0.4) is 0 Å². The van der Waals surface area contributed by atoms with Crippen LogP contribution in [-0.2, 0) is 12.7 Å². The molecule has 8 heteroatoms. The van der Waals surface area contributed by atoms with Crippen molar-refractivity contribution < 1.29 is 26.7 Å². The smallest absolute Gasteiger partial charge is 0.305 e. The van der Waals surface area contributed by atoms with Crippen LogP contribution >= 0.6 is 0 Å². The SMILES string of the molecule is O=C(c1ccc(F)cc1)N(c1ccc(F)cc1)C1CCN(Cc2ccc(C(F)(F)F)cc2)CC1. The minimum atomic E-state index is -4.36. The van der Waals surface area contributed by atoms with E-state index in [2.05, 4.69) is 4.90 Å². The van der Waals surface area contributed by atoms with Gasteiger partial charge in [-0.3, -0.25) is 9.69 Å². The summed E-state index contributed by atoms with van der Waals surface area (Å²) in [6, 6.07) is 15.9. The molecule has 0 atom stereocenters. The number of halogens is 5. The second-order valence-electron chi connectivity index (χ2n) is 8.36. The van der Waals surface area contributed by atoms with Gasteiger partial charge in [0.1, 0.15) is 11.6 Å². The Morgan fingerprint density at radius 1 is 0.824 bits per heavy atom. The van der Waals surface area contributed by atoms with E-state index < -0.39 is 23.4 Å². The van der Waals surface area contributed by atoms with E-state index in [1.165, 1.54) is 48.5 Å². The number of likely N-dealkylation sites (tertiary alicyclic amines) is 1. The number of carbonyl (C=O) groups is 1. The zero-order valence-corrected chi connectivity index (χ0v) is 18.2. The highest BCUT2D eigenvalue weighted by Gasteiger charge is 2.31. The molecule has 34 heavy (non-hydrogen) atoms. The molecule has 3 nitrogen and oxygen atoms in total. The first kappa shape index (κ1) is 23.9. The zero-order valence-electron chi connectivity index (χ0n) is 18.2. The summed E-state index contributed by atoms with van der Waals surface area (Å²) >= 11 is 0. The van der Waals surface area contributed by atoms with E-state index >= 15 is 0 Å². The Kier molecular flexibility index (Phi) is 6.97. The van der Waals surface area contributed by atoms with E-state index in [0.29, 0.717) is 43.7 Å². The van der Waals surface area contributed by atoms with Gasteiger partial charge in [-0.2, -0.15) is 13.2 Å². The Bertz CT molecular complexity index is 1100. The van der Waals surface area contributed by atoms with Crippen LogP contribution in [-0.4, -0.2) is 29.9 Å². The molecule has 0 aliphatic carbocycles. The minimum absolute atomic E-state index is 0.160. The summed E-state index contributed by atoms with van der Waals surface area (Å²) in [5.74, 6) is -1.15. The van der Waals surface area contributed by atoms with Crippen molar-refractivity contribution in [2.75, 3.05) is 18.0 Å². The van der Waals surface area contributed by atoms with Gasteiger partial charge in [0.25, 0.3) is 5.91 Å². The molecule has 0 spiro atoms. The predicted molar refractivity (Wildman–Crippen MR) is 119 cm³/mol. The first-order valence-electron chi connectivity index (χ1n) is 10.9. The van der Waals surface area contributed by atoms with Crippen LogP contribution < -0.4 is 4.90 Å². The van der Waals surface area contributed by atoms with Gasteiger partial charge in [0.15, 0.2) is 0 Å². The molecule has 0 bridgehead atoms.